The van der Waals surface area contributed by atoms with E-state index < -0.39 is 6.10 Å². The highest BCUT2D eigenvalue weighted by molar-refractivity contribution is 5.94. The molecule has 2 rings (SSSR count). The maximum atomic E-state index is 11.2. The highest BCUT2D eigenvalue weighted by Gasteiger charge is 2.23. The Bertz CT molecular complexity index is 476. The van der Waals surface area contributed by atoms with E-state index in [0.717, 1.165) is 13.1 Å². The lowest BCUT2D eigenvalue weighted by molar-refractivity contribution is 0.0429. The van der Waals surface area contributed by atoms with Crippen LogP contribution in [0.15, 0.2) is 24.3 Å². The van der Waals surface area contributed by atoms with E-state index in [0.29, 0.717) is 29.7 Å². The third kappa shape index (κ3) is 5.11. The number of ether oxygens (including phenoxy) is 1. The number of rotatable bonds is 6. The summed E-state index contributed by atoms with van der Waals surface area (Å²) in [7, 11) is 0. The number of ketones is 1. The van der Waals surface area contributed by atoms with E-state index in [1.807, 2.05) is 0 Å². The van der Waals surface area contributed by atoms with Gasteiger partial charge in [-0.1, -0.05) is 13.8 Å². The van der Waals surface area contributed by atoms with Crippen molar-refractivity contribution in [3.8, 4) is 5.75 Å². The Hall–Kier alpha value is -1.39. The number of aliphatic hydroxyl groups excluding tert-OH is 1. The number of nitrogens with zero attached hydrogens (tertiary/aromatic N) is 1. The summed E-state index contributed by atoms with van der Waals surface area (Å²) in [6.07, 6.45) is 0.774. The monoisotopic (exact) mass is 305 g/mol. The average molecular weight is 305 g/mol. The van der Waals surface area contributed by atoms with Crippen LogP contribution in [0.1, 0.15) is 37.6 Å². The molecule has 1 N–H and O–H groups in total. The second-order valence-corrected chi connectivity index (χ2v) is 6.71. The molecule has 1 heterocycles. The molecule has 0 radical (unpaired) electrons. The first-order chi connectivity index (χ1) is 10.4. The molecule has 1 fully saturated rings. The fraction of sp³-hybridized carbons (Fsp3) is 0.611. The summed E-state index contributed by atoms with van der Waals surface area (Å²) in [4.78, 5) is 13.5. The van der Waals surface area contributed by atoms with E-state index in [9.17, 15) is 9.90 Å². The predicted molar refractivity (Wildman–Crippen MR) is 87.3 cm³/mol. The predicted octanol–water partition coefficient (Wildman–Crippen LogP) is 2.61. The van der Waals surface area contributed by atoms with Gasteiger partial charge in [-0.05, 0) is 49.4 Å². The van der Waals surface area contributed by atoms with Crippen molar-refractivity contribution in [2.45, 2.75) is 33.3 Å². The highest BCUT2D eigenvalue weighted by Crippen LogP contribution is 2.21. The van der Waals surface area contributed by atoms with Crippen LogP contribution in [0.2, 0.25) is 0 Å². The van der Waals surface area contributed by atoms with Crippen LogP contribution in [0.5, 0.6) is 5.75 Å². The van der Waals surface area contributed by atoms with Crippen LogP contribution in [0.4, 0.5) is 0 Å². The summed E-state index contributed by atoms with van der Waals surface area (Å²) in [6.45, 7) is 9.10. The van der Waals surface area contributed by atoms with Gasteiger partial charge in [0, 0.05) is 25.2 Å². The molecule has 1 aromatic carbocycles. The first-order valence-corrected chi connectivity index (χ1v) is 8.08. The molecule has 0 saturated carbocycles. The van der Waals surface area contributed by atoms with Crippen LogP contribution in [0.3, 0.4) is 0 Å². The van der Waals surface area contributed by atoms with Gasteiger partial charge in [0.2, 0.25) is 0 Å². The molecular formula is C18H27NO3. The van der Waals surface area contributed by atoms with Gasteiger partial charge in [0.25, 0.3) is 0 Å². The first kappa shape index (κ1) is 17.0. The van der Waals surface area contributed by atoms with E-state index in [1.54, 1.807) is 31.2 Å². The van der Waals surface area contributed by atoms with E-state index in [2.05, 4.69) is 18.7 Å². The maximum Gasteiger partial charge on any atom is 0.159 e. The van der Waals surface area contributed by atoms with Crippen molar-refractivity contribution in [2.75, 3.05) is 26.2 Å². The topological polar surface area (TPSA) is 49.8 Å². The summed E-state index contributed by atoms with van der Waals surface area (Å²) >= 11 is 0. The van der Waals surface area contributed by atoms with Crippen molar-refractivity contribution >= 4 is 5.78 Å². The zero-order valence-electron chi connectivity index (χ0n) is 13.8. The summed E-state index contributed by atoms with van der Waals surface area (Å²) in [5.41, 5.74) is 0.671. The minimum Gasteiger partial charge on any atom is -0.491 e. The molecule has 0 aliphatic carbocycles. The van der Waals surface area contributed by atoms with Gasteiger partial charge in [-0.15, -0.1) is 0 Å². The normalized spacial score (nSPS) is 24.0. The number of aliphatic hydroxyl groups is 1. The van der Waals surface area contributed by atoms with Gasteiger partial charge in [0.05, 0.1) is 0 Å². The van der Waals surface area contributed by atoms with Gasteiger partial charge >= 0.3 is 0 Å². The molecule has 4 heteroatoms. The first-order valence-electron chi connectivity index (χ1n) is 8.08. The second-order valence-electron chi connectivity index (χ2n) is 6.71. The van der Waals surface area contributed by atoms with Gasteiger partial charge in [-0.3, -0.25) is 4.79 Å². The quantitative estimate of drug-likeness (QED) is 0.821. The number of β-amino-alcohol motifs (C(OH)–C–C–N with tert-alkyl or cyclic N) is 1. The zero-order valence-corrected chi connectivity index (χ0v) is 13.8. The Morgan fingerprint density at radius 2 is 1.86 bits per heavy atom. The molecule has 1 aromatic rings. The van der Waals surface area contributed by atoms with E-state index in [-0.39, 0.29) is 12.4 Å². The summed E-state index contributed by atoms with van der Waals surface area (Å²) in [5.74, 6) is 2.11. The number of likely N-dealkylation sites (tertiary alicyclic amines) is 1. The van der Waals surface area contributed by atoms with Gasteiger partial charge < -0.3 is 14.7 Å². The standard InChI is InChI=1S/C18H27NO3/c1-13-8-14(2)10-19(9-13)11-17(21)12-22-18-6-4-16(5-7-18)15(3)20/h4-7,13-14,17,21H,8-12H2,1-3H3/t13-,14-,17-/m0/s1. The molecule has 0 spiro atoms. The Balaban J connectivity index is 1.77. The Morgan fingerprint density at radius 1 is 1.27 bits per heavy atom. The molecular weight excluding hydrogens is 278 g/mol. The summed E-state index contributed by atoms with van der Waals surface area (Å²) in [6, 6.07) is 7.04. The third-order valence-electron chi connectivity index (χ3n) is 4.12. The lowest BCUT2D eigenvalue weighted by Gasteiger charge is -2.35. The number of Topliss-reactive ketones (excluding diaryl/α,β-unsaturated/α-hetero) is 1. The molecule has 1 aliphatic heterocycles. The smallest absolute Gasteiger partial charge is 0.159 e. The largest absolute Gasteiger partial charge is 0.491 e. The van der Waals surface area contributed by atoms with Crippen LogP contribution in [0.25, 0.3) is 0 Å². The van der Waals surface area contributed by atoms with Crippen LogP contribution >= 0.6 is 0 Å². The molecule has 3 atom stereocenters. The Morgan fingerprint density at radius 3 is 2.41 bits per heavy atom. The van der Waals surface area contributed by atoms with Gasteiger partial charge in [-0.25, -0.2) is 0 Å². The number of piperidine rings is 1. The van der Waals surface area contributed by atoms with E-state index in [4.69, 9.17) is 4.74 Å². The average Bonchev–Trinajstić information content (AvgIpc) is 2.44. The molecule has 4 nitrogen and oxygen atoms in total. The lowest BCUT2D eigenvalue weighted by Crippen LogP contribution is -2.43. The SMILES string of the molecule is CC(=O)c1ccc(OC[C@@H](O)CN2C[C@@H](C)C[C@H](C)C2)cc1. The third-order valence-corrected chi connectivity index (χ3v) is 4.12. The van der Waals surface area contributed by atoms with Crippen LogP contribution in [-0.4, -0.2) is 48.1 Å². The van der Waals surface area contributed by atoms with Gasteiger partial charge in [0.15, 0.2) is 5.78 Å². The Kier molecular flexibility index (Phi) is 5.98. The maximum absolute atomic E-state index is 11.2. The highest BCUT2D eigenvalue weighted by atomic mass is 16.5. The number of benzene rings is 1. The van der Waals surface area contributed by atoms with E-state index in [1.165, 1.54) is 6.42 Å². The lowest BCUT2D eigenvalue weighted by atomic mass is 9.92. The molecule has 0 bridgehead atoms. The zero-order chi connectivity index (χ0) is 16.1. The molecule has 22 heavy (non-hydrogen) atoms. The van der Waals surface area contributed by atoms with Crippen molar-refractivity contribution in [2.24, 2.45) is 11.8 Å². The van der Waals surface area contributed by atoms with E-state index >= 15 is 0 Å². The molecule has 1 saturated heterocycles. The van der Waals surface area contributed by atoms with Crippen molar-refractivity contribution in [3.63, 3.8) is 0 Å². The molecule has 0 aromatic heterocycles. The summed E-state index contributed by atoms with van der Waals surface area (Å²) < 4.78 is 5.61. The molecule has 0 unspecified atom stereocenters. The second kappa shape index (κ2) is 7.75. The number of hydrogen-bond acceptors (Lipinski definition) is 4. The van der Waals surface area contributed by atoms with Gasteiger partial charge in [0.1, 0.15) is 18.5 Å². The number of carbonyl (C=O) groups excluding carboxylic acids is 1. The molecule has 0 amide bonds. The fourth-order valence-corrected chi connectivity index (χ4v) is 3.27. The minimum absolute atomic E-state index is 0.0416. The van der Waals surface area contributed by atoms with Crippen molar-refractivity contribution in [1.82, 2.24) is 4.90 Å². The van der Waals surface area contributed by atoms with Crippen LogP contribution < -0.4 is 4.74 Å². The van der Waals surface area contributed by atoms with Crippen molar-refractivity contribution in [3.05, 3.63) is 29.8 Å². The van der Waals surface area contributed by atoms with Crippen molar-refractivity contribution < 1.29 is 14.6 Å². The molecule has 1 aliphatic rings. The number of hydrogen-bond donors (Lipinski definition) is 1. The van der Waals surface area contributed by atoms with Crippen LogP contribution in [-0.2, 0) is 0 Å². The Labute approximate surface area is 133 Å². The van der Waals surface area contributed by atoms with Crippen LogP contribution in [0, 0.1) is 11.8 Å². The number of carbonyl (C=O) groups is 1. The fourth-order valence-electron chi connectivity index (χ4n) is 3.27. The summed E-state index contributed by atoms with van der Waals surface area (Å²) in [5, 5.41) is 10.2. The molecule has 122 valence electrons. The van der Waals surface area contributed by atoms with Gasteiger partial charge in [-0.2, -0.15) is 0 Å². The van der Waals surface area contributed by atoms with Crippen molar-refractivity contribution in [1.29, 1.82) is 0 Å². The minimum atomic E-state index is -0.495.